The molecule has 94 valence electrons. The molecule has 0 amide bonds. The van der Waals surface area contributed by atoms with E-state index in [9.17, 15) is 4.79 Å². The third-order valence-corrected chi connectivity index (χ3v) is 3.11. The van der Waals surface area contributed by atoms with E-state index < -0.39 is 0 Å². The summed E-state index contributed by atoms with van der Waals surface area (Å²) in [5.74, 6) is 1.06. The molecule has 0 unspecified atom stereocenters. The highest BCUT2D eigenvalue weighted by Crippen LogP contribution is 2.33. The normalized spacial score (nSPS) is 14.9. The molecule has 17 heavy (non-hydrogen) atoms. The largest absolute Gasteiger partial charge is 0.351 e. The van der Waals surface area contributed by atoms with E-state index in [0.29, 0.717) is 24.3 Å². The lowest BCUT2D eigenvalue weighted by Crippen LogP contribution is -2.35. The van der Waals surface area contributed by atoms with Crippen LogP contribution >= 0.6 is 11.6 Å². The van der Waals surface area contributed by atoms with Crippen LogP contribution in [-0.4, -0.2) is 28.5 Å². The van der Waals surface area contributed by atoms with Gasteiger partial charge >= 0.3 is 0 Å². The second kappa shape index (κ2) is 5.54. The molecule has 1 saturated carbocycles. The van der Waals surface area contributed by atoms with Crippen LogP contribution in [0, 0.1) is 0 Å². The Morgan fingerprint density at radius 2 is 2.29 bits per heavy atom. The van der Waals surface area contributed by atoms with Gasteiger partial charge in [0.2, 0.25) is 0 Å². The minimum atomic E-state index is 0.0218. The SMILES string of the molecule is CCCN(CCCl)c1nccn(C2CC2)c1=O. The standard InChI is InChI=1S/C12H18ClN3O/c1-2-7-15(8-5-13)11-12(17)16(9-6-14-11)10-3-4-10/h6,9-10H,2-5,7-8H2,1H3. The highest BCUT2D eigenvalue weighted by Gasteiger charge is 2.26. The first-order valence-electron chi connectivity index (χ1n) is 6.16. The third-order valence-electron chi connectivity index (χ3n) is 2.94. The van der Waals surface area contributed by atoms with Crippen LogP contribution in [0.2, 0.25) is 0 Å². The van der Waals surface area contributed by atoms with E-state index in [4.69, 9.17) is 11.6 Å². The Morgan fingerprint density at radius 1 is 1.53 bits per heavy atom. The van der Waals surface area contributed by atoms with Crippen LogP contribution in [0.1, 0.15) is 32.2 Å². The number of nitrogens with zero attached hydrogens (tertiary/aromatic N) is 3. The molecule has 0 radical (unpaired) electrons. The summed E-state index contributed by atoms with van der Waals surface area (Å²) in [5, 5.41) is 0. The van der Waals surface area contributed by atoms with Crippen molar-refractivity contribution in [3.05, 3.63) is 22.7 Å². The Balaban J connectivity index is 2.28. The number of hydrogen-bond acceptors (Lipinski definition) is 3. The molecule has 2 rings (SSSR count). The molecule has 0 atom stereocenters. The Hall–Kier alpha value is -1.03. The predicted molar refractivity (Wildman–Crippen MR) is 70.0 cm³/mol. The van der Waals surface area contributed by atoms with Crippen molar-refractivity contribution in [3.63, 3.8) is 0 Å². The number of halogens is 1. The average molecular weight is 256 g/mol. The summed E-state index contributed by atoms with van der Waals surface area (Å²) >= 11 is 5.77. The first-order chi connectivity index (χ1) is 8.27. The van der Waals surface area contributed by atoms with Gasteiger partial charge in [-0.1, -0.05) is 6.92 Å². The smallest absolute Gasteiger partial charge is 0.293 e. The zero-order valence-electron chi connectivity index (χ0n) is 10.1. The van der Waals surface area contributed by atoms with Gasteiger partial charge in [0.1, 0.15) is 0 Å². The Bertz CT molecular complexity index is 422. The monoisotopic (exact) mass is 255 g/mol. The molecular formula is C12H18ClN3O. The third kappa shape index (κ3) is 2.80. The predicted octanol–water partition coefficient (Wildman–Crippen LogP) is 2.03. The van der Waals surface area contributed by atoms with Gasteiger partial charge in [-0.05, 0) is 19.3 Å². The van der Waals surface area contributed by atoms with Crippen molar-refractivity contribution < 1.29 is 0 Å². The van der Waals surface area contributed by atoms with E-state index in [-0.39, 0.29) is 5.56 Å². The minimum Gasteiger partial charge on any atom is -0.351 e. The number of alkyl halides is 1. The van der Waals surface area contributed by atoms with E-state index in [2.05, 4.69) is 11.9 Å². The summed E-state index contributed by atoms with van der Waals surface area (Å²) < 4.78 is 1.80. The average Bonchev–Trinajstić information content (AvgIpc) is 3.13. The second-order valence-electron chi connectivity index (χ2n) is 4.37. The molecule has 1 heterocycles. The molecule has 1 aliphatic rings. The molecular weight excluding hydrogens is 238 g/mol. The second-order valence-corrected chi connectivity index (χ2v) is 4.75. The van der Waals surface area contributed by atoms with Gasteiger partial charge in [0.05, 0.1) is 0 Å². The van der Waals surface area contributed by atoms with Crippen molar-refractivity contribution in [2.75, 3.05) is 23.9 Å². The van der Waals surface area contributed by atoms with Gasteiger partial charge in [-0.25, -0.2) is 4.98 Å². The van der Waals surface area contributed by atoms with Crippen molar-refractivity contribution >= 4 is 17.4 Å². The van der Waals surface area contributed by atoms with Gasteiger partial charge in [0.15, 0.2) is 5.82 Å². The molecule has 1 fully saturated rings. The first-order valence-corrected chi connectivity index (χ1v) is 6.69. The molecule has 1 aromatic rings. The number of aromatic nitrogens is 2. The van der Waals surface area contributed by atoms with E-state index in [1.165, 1.54) is 0 Å². The van der Waals surface area contributed by atoms with Crippen LogP contribution < -0.4 is 10.5 Å². The summed E-state index contributed by atoms with van der Waals surface area (Å²) in [7, 11) is 0. The van der Waals surface area contributed by atoms with Crippen molar-refractivity contribution in [1.82, 2.24) is 9.55 Å². The fourth-order valence-corrected chi connectivity index (χ4v) is 2.17. The summed E-state index contributed by atoms with van der Waals surface area (Å²) in [6.45, 7) is 3.58. The van der Waals surface area contributed by atoms with Crippen molar-refractivity contribution in [2.24, 2.45) is 0 Å². The highest BCUT2D eigenvalue weighted by atomic mass is 35.5. The van der Waals surface area contributed by atoms with Crippen molar-refractivity contribution in [2.45, 2.75) is 32.2 Å². The van der Waals surface area contributed by atoms with Crippen LogP contribution in [0.15, 0.2) is 17.2 Å². The molecule has 0 saturated heterocycles. The number of rotatable bonds is 6. The van der Waals surface area contributed by atoms with Gasteiger partial charge in [-0.2, -0.15) is 0 Å². The van der Waals surface area contributed by atoms with Gasteiger partial charge in [-0.3, -0.25) is 4.79 Å². The maximum atomic E-state index is 12.3. The van der Waals surface area contributed by atoms with Crippen LogP contribution in [0.3, 0.4) is 0 Å². The fraction of sp³-hybridized carbons (Fsp3) is 0.667. The highest BCUT2D eigenvalue weighted by molar-refractivity contribution is 6.18. The molecule has 0 aliphatic heterocycles. The summed E-state index contributed by atoms with van der Waals surface area (Å²) in [6, 6.07) is 0.392. The Kier molecular flexibility index (Phi) is 4.05. The zero-order valence-corrected chi connectivity index (χ0v) is 10.9. The quantitative estimate of drug-likeness (QED) is 0.730. The maximum absolute atomic E-state index is 12.3. The van der Waals surface area contributed by atoms with E-state index in [1.54, 1.807) is 17.0 Å². The molecule has 0 spiro atoms. The summed E-state index contributed by atoms with van der Waals surface area (Å²) in [6.07, 6.45) is 6.69. The Labute approximate surface area is 106 Å². The first kappa shape index (κ1) is 12.4. The zero-order chi connectivity index (χ0) is 12.3. The topological polar surface area (TPSA) is 38.1 Å². The van der Waals surface area contributed by atoms with Gasteiger partial charge in [0.25, 0.3) is 5.56 Å². The maximum Gasteiger partial charge on any atom is 0.293 e. The van der Waals surface area contributed by atoms with Gasteiger partial charge in [0, 0.05) is 37.4 Å². The molecule has 4 nitrogen and oxygen atoms in total. The summed E-state index contributed by atoms with van der Waals surface area (Å²) in [5.41, 5.74) is 0.0218. The van der Waals surface area contributed by atoms with E-state index in [0.717, 1.165) is 25.8 Å². The minimum absolute atomic E-state index is 0.0218. The number of hydrogen-bond donors (Lipinski definition) is 0. The molecule has 1 aliphatic carbocycles. The van der Waals surface area contributed by atoms with Crippen LogP contribution in [-0.2, 0) is 0 Å². The Morgan fingerprint density at radius 3 is 2.88 bits per heavy atom. The fourth-order valence-electron chi connectivity index (χ4n) is 1.97. The number of anilines is 1. The molecule has 0 aromatic carbocycles. The lowest BCUT2D eigenvalue weighted by molar-refractivity contribution is 0.681. The van der Waals surface area contributed by atoms with Crippen LogP contribution in [0.5, 0.6) is 0 Å². The van der Waals surface area contributed by atoms with Crippen molar-refractivity contribution in [3.8, 4) is 0 Å². The molecule has 1 aromatic heterocycles. The van der Waals surface area contributed by atoms with Crippen molar-refractivity contribution in [1.29, 1.82) is 0 Å². The van der Waals surface area contributed by atoms with Gasteiger partial charge in [-0.15, -0.1) is 11.6 Å². The molecule has 0 N–H and O–H groups in total. The lowest BCUT2D eigenvalue weighted by Gasteiger charge is -2.21. The van der Waals surface area contributed by atoms with Gasteiger partial charge < -0.3 is 9.47 Å². The molecule has 0 bridgehead atoms. The molecule has 5 heteroatoms. The van der Waals surface area contributed by atoms with E-state index in [1.807, 2.05) is 4.90 Å². The van der Waals surface area contributed by atoms with Crippen LogP contribution in [0.4, 0.5) is 5.82 Å². The van der Waals surface area contributed by atoms with Crippen LogP contribution in [0.25, 0.3) is 0 Å². The summed E-state index contributed by atoms with van der Waals surface area (Å²) in [4.78, 5) is 18.5. The van der Waals surface area contributed by atoms with E-state index >= 15 is 0 Å². The lowest BCUT2D eigenvalue weighted by atomic mass is 10.4.